The molecule has 6 N–H and O–H groups in total. The summed E-state index contributed by atoms with van der Waals surface area (Å²) in [7, 11) is 0. The highest BCUT2D eigenvalue weighted by atomic mass is 19.4. The predicted octanol–water partition coefficient (Wildman–Crippen LogP) is 3.72. The van der Waals surface area contributed by atoms with Gasteiger partial charge in [0.1, 0.15) is 17.4 Å². The Balaban J connectivity index is 1.85. The molecule has 3 rings (SSSR count). The summed E-state index contributed by atoms with van der Waals surface area (Å²) in [6, 6.07) is 5.21. The third-order valence-corrected chi connectivity index (χ3v) is 5.04. The SMILES string of the molecule is NC(=Nc1ccc(C(N)C(F)(F)F)cc1)c1c(NC2CCCCC2)cc[nH]c1=O. The molecule has 9 heteroatoms. The lowest BCUT2D eigenvalue weighted by molar-refractivity contribution is -0.149. The Labute approximate surface area is 166 Å². The summed E-state index contributed by atoms with van der Waals surface area (Å²) in [5, 5.41) is 3.38. The molecule has 1 heterocycles. The first kappa shape index (κ1) is 20.9. The fraction of sp³-hybridized carbons (Fsp3) is 0.400. The van der Waals surface area contributed by atoms with E-state index < -0.39 is 12.2 Å². The van der Waals surface area contributed by atoms with E-state index in [1.54, 1.807) is 6.07 Å². The van der Waals surface area contributed by atoms with Crippen molar-refractivity contribution in [2.75, 3.05) is 5.32 Å². The molecule has 1 aromatic heterocycles. The van der Waals surface area contributed by atoms with E-state index in [-0.39, 0.29) is 28.6 Å². The van der Waals surface area contributed by atoms with E-state index in [2.05, 4.69) is 15.3 Å². The van der Waals surface area contributed by atoms with Gasteiger partial charge in [0.15, 0.2) is 0 Å². The van der Waals surface area contributed by atoms with E-state index in [1.165, 1.54) is 36.9 Å². The lowest BCUT2D eigenvalue weighted by Crippen LogP contribution is -2.29. The van der Waals surface area contributed by atoms with Crippen LogP contribution < -0.4 is 22.3 Å². The number of anilines is 1. The van der Waals surface area contributed by atoms with Crippen LogP contribution in [0.1, 0.15) is 49.3 Å². The van der Waals surface area contributed by atoms with E-state index in [1.807, 2.05) is 0 Å². The number of hydrogen-bond acceptors (Lipinski definition) is 4. The molecule has 6 nitrogen and oxygen atoms in total. The second kappa shape index (κ2) is 8.69. The number of alkyl halides is 3. The van der Waals surface area contributed by atoms with Gasteiger partial charge < -0.3 is 21.8 Å². The summed E-state index contributed by atoms with van der Waals surface area (Å²) in [4.78, 5) is 19.2. The zero-order valence-corrected chi connectivity index (χ0v) is 15.8. The zero-order chi connectivity index (χ0) is 21.0. The number of halogens is 3. The molecule has 2 aromatic rings. The molecule has 1 aliphatic rings. The lowest BCUT2D eigenvalue weighted by atomic mass is 9.95. The van der Waals surface area contributed by atoms with Crippen LogP contribution in [0, 0.1) is 0 Å². The highest BCUT2D eigenvalue weighted by molar-refractivity contribution is 6.03. The van der Waals surface area contributed by atoms with Gasteiger partial charge in [-0.3, -0.25) is 4.79 Å². The molecular formula is C20H24F3N5O. The Morgan fingerprint density at radius 2 is 1.79 bits per heavy atom. The van der Waals surface area contributed by atoms with Gasteiger partial charge in [-0.25, -0.2) is 4.99 Å². The van der Waals surface area contributed by atoms with Crippen molar-refractivity contribution >= 4 is 17.2 Å². The van der Waals surface area contributed by atoms with Crippen molar-refractivity contribution in [2.24, 2.45) is 16.5 Å². The normalized spacial score (nSPS) is 17.2. The molecule has 1 aromatic carbocycles. The van der Waals surface area contributed by atoms with Gasteiger partial charge in [0, 0.05) is 12.2 Å². The van der Waals surface area contributed by atoms with Gasteiger partial charge in [0.05, 0.1) is 11.4 Å². The van der Waals surface area contributed by atoms with Crippen molar-refractivity contribution in [1.82, 2.24) is 4.98 Å². The smallest absolute Gasteiger partial charge is 0.383 e. The number of rotatable bonds is 5. The number of pyridine rings is 1. The maximum atomic E-state index is 12.7. The minimum atomic E-state index is -4.53. The third-order valence-electron chi connectivity index (χ3n) is 5.04. The highest BCUT2D eigenvalue weighted by Gasteiger charge is 2.37. The molecule has 1 fully saturated rings. The van der Waals surface area contributed by atoms with Gasteiger partial charge in [-0.15, -0.1) is 0 Å². The second-order valence-electron chi connectivity index (χ2n) is 7.18. The molecule has 29 heavy (non-hydrogen) atoms. The summed E-state index contributed by atoms with van der Waals surface area (Å²) in [5.74, 6) is -0.0157. The molecule has 1 atom stereocenters. The fourth-order valence-corrected chi connectivity index (χ4v) is 3.46. The number of hydrogen-bond donors (Lipinski definition) is 4. The van der Waals surface area contributed by atoms with Crippen molar-refractivity contribution in [3.63, 3.8) is 0 Å². The number of nitrogens with zero attached hydrogens (tertiary/aromatic N) is 1. The molecule has 0 saturated heterocycles. The molecule has 156 valence electrons. The maximum absolute atomic E-state index is 12.7. The topological polar surface area (TPSA) is 109 Å². The third kappa shape index (κ3) is 5.17. The molecule has 1 aliphatic carbocycles. The first-order valence-corrected chi connectivity index (χ1v) is 9.50. The van der Waals surface area contributed by atoms with Crippen molar-refractivity contribution in [3.05, 3.63) is 58.0 Å². The van der Waals surface area contributed by atoms with Crippen LogP contribution in [-0.4, -0.2) is 23.0 Å². The summed E-state index contributed by atoms with van der Waals surface area (Å²) in [6.45, 7) is 0. The zero-order valence-electron chi connectivity index (χ0n) is 15.8. The van der Waals surface area contributed by atoms with Crippen molar-refractivity contribution in [1.29, 1.82) is 0 Å². The number of aliphatic imine (C=N–C) groups is 1. The standard InChI is InChI=1S/C20H24F3N5O/c21-20(22,23)17(24)12-6-8-14(9-7-12)28-18(25)16-15(10-11-26-19(16)29)27-13-4-2-1-3-5-13/h6-11,13,17H,1-5,24H2,(H2,25,28)(H2,26,27,29). The van der Waals surface area contributed by atoms with Crippen LogP contribution in [0.5, 0.6) is 0 Å². The highest BCUT2D eigenvalue weighted by Crippen LogP contribution is 2.31. The van der Waals surface area contributed by atoms with Gasteiger partial charge in [0.2, 0.25) is 0 Å². The number of nitrogens with two attached hydrogens (primary N) is 2. The molecule has 0 spiro atoms. The quantitative estimate of drug-likeness (QED) is 0.447. The summed E-state index contributed by atoms with van der Waals surface area (Å²) < 4.78 is 38.2. The first-order chi connectivity index (χ1) is 13.8. The minimum absolute atomic E-state index is 0.0157. The van der Waals surface area contributed by atoms with E-state index in [0.29, 0.717) is 11.4 Å². The van der Waals surface area contributed by atoms with Crippen molar-refractivity contribution < 1.29 is 13.2 Å². The monoisotopic (exact) mass is 407 g/mol. The average molecular weight is 407 g/mol. The Morgan fingerprint density at radius 1 is 1.14 bits per heavy atom. The minimum Gasteiger partial charge on any atom is -0.383 e. The Morgan fingerprint density at radius 3 is 2.41 bits per heavy atom. The van der Waals surface area contributed by atoms with Gasteiger partial charge >= 0.3 is 6.18 Å². The van der Waals surface area contributed by atoms with Gasteiger partial charge in [-0.1, -0.05) is 31.4 Å². The van der Waals surface area contributed by atoms with Crippen LogP contribution in [0.2, 0.25) is 0 Å². The molecule has 1 saturated carbocycles. The number of amidine groups is 1. The van der Waals surface area contributed by atoms with Crippen LogP contribution in [0.25, 0.3) is 0 Å². The van der Waals surface area contributed by atoms with Crippen molar-refractivity contribution in [3.8, 4) is 0 Å². The van der Waals surface area contributed by atoms with Gasteiger partial charge in [0.25, 0.3) is 5.56 Å². The molecular weight excluding hydrogens is 383 g/mol. The first-order valence-electron chi connectivity index (χ1n) is 9.50. The lowest BCUT2D eigenvalue weighted by Gasteiger charge is -2.24. The summed E-state index contributed by atoms with van der Waals surface area (Å²) in [5.41, 5.74) is 12.0. The van der Waals surface area contributed by atoms with Gasteiger partial charge in [-0.2, -0.15) is 13.2 Å². The van der Waals surface area contributed by atoms with E-state index in [9.17, 15) is 18.0 Å². The second-order valence-corrected chi connectivity index (χ2v) is 7.18. The van der Waals surface area contributed by atoms with E-state index in [4.69, 9.17) is 11.5 Å². The van der Waals surface area contributed by atoms with E-state index >= 15 is 0 Å². The summed E-state index contributed by atoms with van der Waals surface area (Å²) in [6.07, 6.45) is 2.52. The predicted molar refractivity (Wildman–Crippen MR) is 107 cm³/mol. The number of nitrogens with one attached hydrogen (secondary N) is 2. The van der Waals surface area contributed by atoms with Crippen molar-refractivity contribution in [2.45, 2.75) is 50.4 Å². The molecule has 0 aliphatic heterocycles. The number of aromatic nitrogens is 1. The largest absolute Gasteiger partial charge is 0.407 e. The van der Waals surface area contributed by atoms with E-state index in [0.717, 1.165) is 25.7 Å². The maximum Gasteiger partial charge on any atom is 0.407 e. The van der Waals surface area contributed by atoms with Crippen LogP contribution in [-0.2, 0) is 0 Å². The molecule has 0 radical (unpaired) electrons. The summed E-state index contributed by atoms with van der Waals surface area (Å²) >= 11 is 0. The number of H-pyrrole nitrogens is 1. The molecule has 0 bridgehead atoms. The Bertz CT molecular complexity index is 915. The van der Waals surface area contributed by atoms with Crippen LogP contribution in [0.15, 0.2) is 46.3 Å². The molecule has 0 amide bonds. The number of aromatic amines is 1. The number of benzene rings is 1. The molecule has 1 unspecified atom stereocenters. The Kier molecular flexibility index (Phi) is 6.26. The van der Waals surface area contributed by atoms with Crippen LogP contribution in [0.4, 0.5) is 24.5 Å². The van der Waals surface area contributed by atoms with Gasteiger partial charge in [-0.05, 0) is 36.6 Å². The average Bonchev–Trinajstić information content (AvgIpc) is 2.68. The fourth-order valence-electron chi connectivity index (χ4n) is 3.46. The van der Waals surface area contributed by atoms with Crippen LogP contribution in [0.3, 0.4) is 0 Å². The van der Waals surface area contributed by atoms with Crippen LogP contribution >= 0.6 is 0 Å². The Hall–Kier alpha value is -2.81.